The van der Waals surface area contributed by atoms with E-state index in [0.717, 1.165) is 22.9 Å². The summed E-state index contributed by atoms with van der Waals surface area (Å²) in [7, 11) is 1.82. The average molecular weight is 294 g/mol. The van der Waals surface area contributed by atoms with Crippen LogP contribution in [-0.2, 0) is 13.6 Å². The van der Waals surface area contributed by atoms with Gasteiger partial charge in [-0.2, -0.15) is 5.10 Å². The second-order valence-electron chi connectivity index (χ2n) is 4.67. The number of hydrogen-bond acceptors (Lipinski definition) is 2. The number of aromatic nitrogens is 4. The van der Waals surface area contributed by atoms with Crippen molar-refractivity contribution in [3.8, 4) is 0 Å². The molecular weight excluding hydrogens is 282 g/mol. The molecule has 4 nitrogen and oxygen atoms in total. The van der Waals surface area contributed by atoms with Crippen molar-refractivity contribution in [1.29, 1.82) is 0 Å². The summed E-state index contributed by atoms with van der Waals surface area (Å²) in [6.45, 7) is 2.24. The van der Waals surface area contributed by atoms with Gasteiger partial charge in [0.1, 0.15) is 5.52 Å². The molecule has 7 heteroatoms. The van der Waals surface area contributed by atoms with Crippen molar-refractivity contribution < 1.29 is 8.78 Å². The molecule has 1 aromatic carbocycles. The Labute approximate surface area is 118 Å². The molecule has 0 aliphatic rings. The summed E-state index contributed by atoms with van der Waals surface area (Å²) in [5.41, 5.74) is 3.18. The number of H-pyrrole nitrogens is 1. The van der Waals surface area contributed by atoms with Crippen LogP contribution in [0.4, 0.5) is 8.78 Å². The summed E-state index contributed by atoms with van der Waals surface area (Å²) in [5, 5.41) is 4.31. The predicted octanol–water partition coefficient (Wildman–Crippen LogP) is 3.07. The Kier molecular flexibility index (Phi) is 2.93. The zero-order valence-electron chi connectivity index (χ0n) is 10.9. The van der Waals surface area contributed by atoms with Crippen LogP contribution in [0.1, 0.15) is 11.3 Å². The Balaban J connectivity index is 2.12. The molecule has 0 aliphatic carbocycles. The smallest absolute Gasteiger partial charge is 0.179 e. The van der Waals surface area contributed by atoms with Crippen LogP contribution in [0.3, 0.4) is 0 Å². The third-order valence-corrected chi connectivity index (χ3v) is 3.57. The van der Waals surface area contributed by atoms with Gasteiger partial charge >= 0.3 is 0 Å². The van der Waals surface area contributed by atoms with Crippen molar-refractivity contribution in [3.05, 3.63) is 45.9 Å². The molecule has 1 N–H and O–H groups in total. The van der Waals surface area contributed by atoms with E-state index in [0.29, 0.717) is 16.9 Å². The fourth-order valence-electron chi connectivity index (χ4n) is 2.34. The predicted molar refractivity (Wildman–Crippen MR) is 74.1 cm³/mol. The molecule has 20 heavy (non-hydrogen) atoms. The maximum atomic E-state index is 13.3. The van der Waals surface area contributed by atoms with Crippen LogP contribution in [0.25, 0.3) is 11.2 Å². The van der Waals surface area contributed by atoms with Gasteiger partial charge in [-0.15, -0.1) is 0 Å². The third kappa shape index (κ3) is 1.94. The first-order chi connectivity index (χ1) is 9.47. The van der Waals surface area contributed by atoms with Crippen LogP contribution in [-0.4, -0.2) is 19.3 Å². The lowest BCUT2D eigenvalue weighted by molar-refractivity contribution is 0.506. The van der Waals surface area contributed by atoms with E-state index in [1.807, 2.05) is 18.5 Å². The number of nitrogens with zero attached hydrogens (tertiary/aromatic N) is 3. The maximum absolute atomic E-state index is 13.3. The fraction of sp³-hybridized carbons (Fsp3) is 0.231. The van der Waals surface area contributed by atoms with E-state index in [-0.39, 0.29) is 0 Å². The summed E-state index contributed by atoms with van der Waals surface area (Å²) in [6.07, 6.45) is 0. The van der Waals surface area contributed by atoms with Gasteiger partial charge in [0, 0.05) is 7.05 Å². The van der Waals surface area contributed by atoms with Gasteiger partial charge in [0.25, 0.3) is 0 Å². The van der Waals surface area contributed by atoms with E-state index in [1.165, 1.54) is 6.07 Å². The zero-order valence-corrected chi connectivity index (χ0v) is 11.8. The number of fused-ring (bicyclic) bond motifs is 1. The van der Waals surface area contributed by atoms with Gasteiger partial charge in [-0.3, -0.25) is 9.25 Å². The molecule has 3 aromatic rings. The second-order valence-corrected chi connectivity index (χ2v) is 5.06. The molecule has 0 saturated heterocycles. The summed E-state index contributed by atoms with van der Waals surface area (Å²) in [6, 6.07) is 3.84. The van der Waals surface area contributed by atoms with Gasteiger partial charge in [-0.1, -0.05) is 6.07 Å². The number of rotatable bonds is 2. The lowest BCUT2D eigenvalue weighted by Crippen LogP contribution is -2.05. The molecule has 2 aromatic heterocycles. The highest BCUT2D eigenvalue weighted by atomic mass is 32.1. The van der Waals surface area contributed by atoms with Crippen molar-refractivity contribution in [2.45, 2.75) is 13.5 Å². The molecule has 0 bridgehead atoms. The minimum absolute atomic E-state index is 0.356. The van der Waals surface area contributed by atoms with E-state index in [1.54, 1.807) is 10.7 Å². The molecule has 0 atom stereocenters. The molecule has 0 spiro atoms. The average Bonchev–Trinajstić information content (AvgIpc) is 2.84. The zero-order chi connectivity index (χ0) is 14.4. The van der Waals surface area contributed by atoms with Crippen molar-refractivity contribution in [1.82, 2.24) is 19.3 Å². The molecule has 0 amide bonds. The van der Waals surface area contributed by atoms with Crippen molar-refractivity contribution in [3.63, 3.8) is 0 Å². The van der Waals surface area contributed by atoms with Gasteiger partial charge in [-0.25, -0.2) is 8.78 Å². The van der Waals surface area contributed by atoms with Crippen LogP contribution >= 0.6 is 12.2 Å². The lowest BCUT2D eigenvalue weighted by Gasteiger charge is -2.05. The van der Waals surface area contributed by atoms with Crippen LogP contribution in [0, 0.1) is 23.3 Å². The van der Waals surface area contributed by atoms with E-state index in [4.69, 9.17) is 12.2 Å². The normalized spacial score (nSPS) is 11.4. The Morgan fingerprint density at radius 2 is 2.05 bits per heavy atom. The molecular formula is C13H12F2N4S. The molecule has 2 heterocycles. The Hall–Kier alpha value is -2.02. The molecule has 0 radical (unpaired) electrons. The van der Waals surface area contributed by atoms with E-state index in [2.05, 4.69) is 10.1 Å². The van der Waals surface area contributed by atoms with Crippen molar-refractivity contribution >= 4 is 23.4 Å². The molecule has 0 unspecified atom stereocenters. The summed E-state index contributed by atoms with van der Waals surface area (Å²) in [5.74, 6) is -1.71. The van der Waals surface area contributed by atoms with E-state index >= 15 is 0 Å². The summed E-state index contributed by atoms with van der Waals surface area (Å²) in [4.78, 5) is 3.09. The maximum Gasteiger partial charge on any atom is 0.179 e. The topological polar surface area (TPSA) is 38.5 Å². The standard InChI is InChI=1S/C13H12F2N4S/c1-7-11-12(18(2)17-7)19(13(20)16-11)6-8-3-4-9(14)10(15)5-8/h3-5H,6H2,1-2H3,(H,16,20). The largest absolute Gasteiger partial charge is 0.328 e. The van der Waals surface area contributed by atoms with Crippen LogP contribution in [0.15, 0.2) is 18.2 Å². The molecule has 0 aliphatic heterocycles. The number of imidazole rings is 1. The van der Waals surface area contributed by atoms with E-state index < -0.39 is 11.6 Å². The highest BCUT2D eigenvalue weighted by molar-refractivity contribution is 7.71. The summed E-state index contributed by atoms with van der Waals surface area (Å²) < 4.78 is 30.3. The number of nitrogens with one attached hydrogen (secondary N) is 1. The van der Waals surface area contributed by atoms with Crippen LogP contribution < -0.4 is 0 Å². The van der Waals surface area contributed by atoms with Gasteiger partial charge in [0.2, 0.25) is 0 Å². The number of halogens is 2. The monoisotopic (exact) mass is 294 g/mol. The SMILES string of the molecule is Cc1nn(C)c2c1[nH]c(=S)n2Cc1ccc(F)c(F)c1. The summed E-state index contributed by atoms with van der Waals surface area (Å²) >= 11 is 5.28. The minimum atomic E-state index is -0.859. The number of aromatic amines is 1. The molecule has 3 rings (SSSR count). The Morgan fingerprint density at radius 1 is 1.30 bits per heavy atom. The van der Waals surface area contributed by atoms with Crippen LogP contribution in [0.5, 0.6) is 0 Å². The van der Waals surface area contributed by atoms with Crippen molar-refractivity contribution in [2.75, 3.05) is 0 Å². The first-order valence-corrected chi connectivity index (χ1v) is 6.44. The molecule has 0 saturated carbocycles. The van der Waals surface area contributed by atoms with Crippen molar-refractivity contribution in [2.24, 2.45) is 7.05 Å². The first-order valence-electron chi connectivity index (χ1n) is 6.03. The number of hydrogen-bond donors (Lipinski definition) is 1. The van der Waals surface area contributed by atoms with Gasteiger partial charge in [0.15, 0.2) is 22.1 Å². The Bertz CT molecular complexity index is 859. The third-order valence-electron chi connectivity index (χ3n) is 3.25. The highest BCUT2D eigenvalue weighted by Gasteiger charge is 2.13. The second kappa shape index (κ2) is 4.52. The van der Waals surface area contributed by atoms with Crippen LogP contribution in [0.2, 0.25) is 0 Å². The van der Waals surface area contributed by atoms with E-state index in [9.17, 15) is 8.78 Å². The Morgan fingerprint density at radius 3 is 2.75 bits per heavy atom. The van der Waals surface area contributed by atoms with Gasteiger partial charge in [-0.05, 0) is 36.8 Å². The van der Waals surface area contributed by atoms with Gasteiger partial charge < -0.3 is 4.98 Å². The lowest BCUT2D eigenvalue weighted by atomic mass is 10.2. The minimum Gasteiger partial charge on any atom is -0.328 e. The number of benzene rings is 1. The number of aryl methyl sites for hydroxylation is 2. The highest BCUT2D eigenvalue weighted by Crippen LogP contribution is 2.19. The quantitative estimate of drug-likeness (QED) is 0.738. The van der Waals surface area contributed by atoms with Gasteiger partial charge in [0.05, 0.1) is 12.2 Å². The first kappa shape index (κ1) is 13.0. The molecule has 0 fully saturated rings. The fourth-order valence-corrected chi connectivity index (χ4v) is 2.59. The molecule has 104 valence electrons.